The molecule has 0 saturated heterocycles. The van der Waals surface area contributed by atoms with Gasteiger partial charge in [-0.3, -0.25) is 0 Å². The molecule has 1 fully saturated rings. The maximum atomic E-state index is 8.32. The fraction of sp³-hybridized carbons (Fsp3) is 0.833. The SMILES string of the molecule is [2H][C@]1(C)CCC[C@@]2(C)CCC=CC21. The van der Waals surface area contributed by atoms with E-state index in [2.05, 4.69) is 26.0 Å². The van der Waals surface area contributed by atoms with Crippen LogP contribution >= 0.6 is 0 Å². The molecule has 1 unspecified atom stereocenters. The first kappa shape index (κ1) is 7.17. The Balaban J connectivity index is 2.30. The van der Waals surface area contributed by atoms with Crippen molar-refractivity contribution in [2.45, 2.75) is 46.0 Å². The molecule has 1 saturated carbocycles. The summed E-state index contributed by atoms with van der Waals surface area (Å²) < 4.78 is 8.32. The monoisotopic (exact) mass is 165 g/mol. The summed E-state index contributed by atoms with van der Waals surface area (Å²) in [7, 11) is 0. The van der Waals surface area contributed by atoms with Crippen LogP contribution in [-0.4, -0.2) is 0 Å². The predicted molar refractivity (Wildman–Crippen MR) is 53.0 cm³/mol. The molecular weight excluding hydrogens is 144 g/mol. The van der Waals surface area contributed by atoms with E-state index in [0.717, 1.165) is 6.42 Å². The van der Waals surface area contributed by atoms with Crippen LogP contribution < -0.4 is 0 Å². The lowest BCUT2D eigenvalue weighted by Gasteiger charge is -2.46. The summed E-state index contributed by atoms with van der Waals surface area (Å²) in [4.78, 5) is 0. The average Bonchev–Trinajstić information content (AvgIpc) is 2.02. The van der Waals surface area contributed by atoms with E-state index in [1.165, 1.54) is 25.7 Å². The van der Waals surface area contributed by atoms with E-state index in [9.17, 15) is 0 Å². The third-order valence-corrected chi connectivity index (χ3v) is 3.81. The van der Waals surface area contributed by atoms with Gasteiger partial charge in [0.05, 0.1) is 0 Å². The van der Waals surface area contributed by atoms with E-state index < -0.39 is 0 Å². The van der Waals surface area contributed by atoms with E-state index in [1.54, 1.807) is 0 Å². The molecule has 0 nitrogen and oxygen atoms in total. The van der Waals surface area contributed by atoms with Gasteiger partial charge in [0, 0.05) is 1.37 Å². The summed E-state index contributed by atoms with van der Waals surface area (Å²) in [6, 6.07) is 0. The molecule has 0 heterocycles. The Morgan fingerprint density at radius 1 is 1.50 bits per heavy atom. The first-order valence-corrected chi connectivity index (χ1v) is 5.21. The molecule has 0 aromatic carbocycles. The second-order valence-corrected chi connectivity index (χ2v) is 4.80. The molecule has 2 aliphatic rings. The second kappa shape index (κ2) is 2.90. The minimum atomic E-state index is -0.204. The molecule has 12 heavy (non-hydrogen) atoms. The first-order valence-electron chi connectivity index (χ1n) is 5.71. The lowest BCUT2D eigenvalue weighted by atomic mass is 9.59. The van der Waals surface area contributed by atoms with Gasteiger partial charge in [0.1, 0.15) is 0 Å². The molecule has 0 aliphatic heterocycles. The van der Waals surface area contributed by atoms with Crippen LogP contribution in [0.3, 0.4) is 0 Å². The third kappa shape index (κ3) is 1.22. The third-order valence-electron chi connectivity index (χ3n) is 3.81. The van der Waals surface area contributed by atoms with E-state index >= 15 is 0 Å². The van der Waals surface area contributed by atoms with Crippen molar-refractivity contribution in [2.75, 3.05) is 0 Å². The Kier molecular flexibility index (Phi) is 1.73. The van der Waals surface area contributed by atoms with Crippen molar-refractivity contribution in [2.24, 2.45) is 17.2 Å². The van der Waals surface area contributed by atoms with Gasteiger partial charge in [-0.1, -0.05) is 38.8 Å². The summed E-state index contributed by atoms with van der Waals surface area (Å²) in [5.74, 6) is 0.298. The lowest BCUT2D eigenvalue weighted by Crippen LogP contribution is -2.36. The number of rotatable bonds is 0. The smallest absolute Gasteiger partial charge is 0.0306 e. The van der Waals surface area contributed by atoms with Crippen LogP contribution in [0, 0.1) is 17.2 Å². The number of hydrogen-bond acceptors (Lipinski definition) is 0. The second-order valence-electron chi connectivity index (χ2n) is 4.80. The van der Waals surface area contributed by atoms with E-state index in [1.807, 2.05) is 0 Å². The maximum Gasteiger partial charge on any atom is 0.0306 e. The van der Waals surface area contributed by atoms with Gasteiger partial charge in [-0.15, -0.1) is 0 Å². The zero-order valence-electron chi connectivity index (χ0n) is 9.27. The Morgan fingerprint density at radius 3 is 3.08 bits per heavy atom. The quantitative estimate of drug-likeness (QED) is 0.479. The number of fused-ring (bicyclic) bond motifs is 1. The van der Waals surface area contributed by atoms with Crippen molar-refractivity contribution < 1.29 is 1.37 Å². The zero-order valence-corrected chi connectivity index (χ0v) is 8.27. The molecule has 0 bridgehead atoms. The first-order chi connectivity index (χ1) is 6.05. The van der Waals surface area contributed by atoms with Crippen molar-refractivity contribution in [1.82, 2.24) is 0 Å². The fourth-order valence-corrected chi connectivity index (χ4v) is 3.00. The molecule has 0 amide bonds. The van der Waals surface area contributed by atoms with Gasteiger partial charge in [0.2, 0.25) is 0 Å². The van der Waals surface area contributed by atoms with Crippen LogP contribution in [0.15, 0.2) is 12.2 Å². The highest BCUT2D eigenvalue weighted by molar-refractivity contribution is 5.05. The Hall–Kier alpha value is -0.260. The number of allylic oxidation sites excluding steroid dienone is 2. The summed E-state index contributed by atoms with van der Waals surface area (Å²) in [6.07, 6.45) is 10.8. The molecule has 0 aromatic rings. The minimum absolute atomic E-state index is 0.204. The van der Waals surface area contributed by atoms with Gasteiger partial charge in [-0.25, -0.2) is 0 Å². The van der Waals surface area contributed by atoms with Gasteiger partial charge in [-0.05, 0) is 36.5 Å². The average molecular weight is 165 g/mol. The minimum Gasteiger partial charge on any atom is -0.0882 e. The Morgan fingerprint density at radius 2 is 2.33 bits per heavy atom. The highest BCUT2D eigenvalue weighted by Gasteiger charge is 2.39. The largest absolute Gasteiger partial charge is 0.0882 e. The standard InChI is InChI=1S/C12H20/c1-10-6-5-9-12(2)8-4-3-7-11(10)12/h3,7,10-11H,4-6,8-9H2,1-2H3/t10-,11?,12+/m0/s1/i10D. The molecule has 3 atom stereocenters. The van der Waals surface area contributed by atoms with E-state index in [0.29, 0.717) is 11.3 Å². The van der Waals surface area contributed by atoms with Crippen LogP contribution in [-0.2, 0) is 0 Å². The fourth-order valence-electron chi connectivity index (χ4n) is 3.00. The summed E-state index contributed by atoms with van der Waals surface area (Å²) in [6.45, 7) is 4.50. The summed E-state index contributed by atoms with van der Waals surface area (Å²) >= 11 is 0. The van der Waals surface area contributed by atoms with Crippen LogP contribution in [0.5, 0.6) is 0 Å². The lowest BCUT2D eigenvalue weighted by molar-refractivity contribution is 0.0859. The van der Waals surface area contributed by atoms with Gasteiger partial charge >= 0.3 is 0 Å². The van der Waals surface area contributed by atoms with Crippen LogP contribution in [0.4, 0.5) is 0 Å². The zero-order chi connectivity index (χ0) is 9.53. The summed E-state index contributed by atoms with van der Waals surface area (Å²) in [5.41, 5.74) is 0.434. The molecule has 68 valence electrons. The van der Waals surface area contributed by atoms with Gasteiger partial charge in [0.15, 0.2) is 0 Å². The number of hydrogen-bond donors (Lipinski definition) is 0. The van der Waals surface area contributed by atoms with E-state index in [-0.39, 0.29) is 5.89 Å². The topological polar surface area (TPSA) is 0 Å². The van der Waals surface area contributed by atoms with E-state index in [4.69, 9.17) is 1.37 Å². The van der Waals surface area contributed by atoms with Gasteiger partial charge < -0.3 is 0 Å². The maximum absolute atomic E-state index is 8.32. The van der Waals surface area contributed by atoms with Crippen LogP contribution in [0.25, 0.3) is 0 Å². The Bertz CT molecular complexity index is 229. The van der Waals surface area contributed by atoms with Crippen molar-refractivity contribution >= 4 is 0 Å². The summed E-state index contributed by atoms with van der Waals surface area (Å²) in [5, 5.41) is 0. The van der Waals surface area contributed by atoms with Gasteiger partial charge in [-0.2, -0.15) is 0 Å². The van der Waals surface area contributed by atoms with Crippen molar-refractivity contribution in [3.8, 4) is 0 Å². The van der Waals surface area contributed by atoms with Crippen LogP contribution in [0.1, 0.15) is 47.3 Å². The predicted octanol–water partition coefficient (Wildman–Crippen LogP) is 3.78. The molecule has 0 spiro atoms. The van der Waals surface area contributed by atoms with Crippen molar-refractivity contribution in [3.63, 3.8) is 0 Å². The van der Waals surface area contributed by atoms with Crippen molar-refractivity contribution in [1.29, 1.82) is 0 Å². The molecule has 0 aromatic heterocycles. The molecule has 0 radical (unpaired) electrons. The normalized spacial score (nSPS) is 54.5. The molecule has 2 rings (SSSR count). The molecule has 0 heteroatoms. The molecular formula is C12H20. The molecule has 2 aliphatic carbocycles. The Labute approximate surface area is 77.5 Å². The van der Waals surface area contributed by atoms with Gasteiger partial charge in [0.25, 0.3) is 0 Å². The van der Waals surface area contributed by atoms with Crippen molar-refractivity contribution in [3.05, 3.63) is 12.2 Å². The molecule has 0 N–H and O–H groups in total. The highest BCUT2D eigenvalue weighted by Crippen LogP contribution is 2.49. The highest BCUT2D eigenvalue weighted by atomic mass is 14.4. The van der Waals surface area contributed by atoms with Crippen LogP contribution in [0.2, 0.25) is 0 Å².